The minimum Gasteiger partial charge on any atom is -0.493 e. The Morgan fingerprint density at radius 3 is 2.38 bits per heavy atom. The second-order valence-corrected chi connectivity index (χ2v) is 6.58. The molecule has 1 N–H and O–H groups in total. The van der Waals surface area contributed by atoms with E-state index in [0.29, 0.717) is 16.9 Å². The van der Waals surface area contributed by atoms with E-state index in [1.165, 1.54) is 31.0 Å². The van der Waals surface area contributed by atoms with Crippen molar-refractivity contribution in [3.63, 3.8) is 0 Å². The van der Waals surface area contributed by atoms with E-state index in [9.17, 15) is 14.7 Å². The van der Waals surface area contributed by atoms with Gasteiger partial charge >= 0.3 is 11.9 Å². The Morgan fingerprint density at radius 1 is 1.17 bits per heavy atom. The Kier molecular flexibility index (Phi) is 6.28. The third-order valence-corrected chi connectivity index (χ3v) is 4.30. The largest absolute Gasteiger partial charge is 0.493 e. The molecule has 0 heterocycles. The number of methoxy groups -OCH3 is 1. The van der Waals surface area contributed by atoms with Gasteiger partial charge < -0.3 is 14.6 Å². The lowest BCUT2D eigenvalue weighted by molar-refractivity contribution is 0.0696. The van der Waals surface area contributed by atoms with Crippen molar-refractivity contribution in [1.82, 2.24) is 0 Å². The highest BCUT2D eigenvalue weighted by Gasteiger charge is 2.19. The maximum Gasteiger partial charge on any atom is 0.343 e. The minimum absolute atomic E-state index is 0.0827. The molecule has 0 amide bonds. The fourth-order valence-corrected chi connectivity index (χ4v) is 2.84. The molecule has 2 rings (SSSR count). The van der Waals surface area contributed by atoms with Crippen LogP contribution in [0.1, 0.15) is 26.3 Å². The highest BCUT2D eigenvalue weighted by molar-refractivity contribution is 9.10. The van der Waals surface area contributed by atoms with Gasteiger partial charge in [-0.1, -0.05) is 15.9 Å². The highest BCUT2D eigenvalue weighted by atomic mass is 79.9. The summed E-state index contributed by atoms with van der Waals surface area (Å²) in [4.78, 5) is 23.6. The van der Waals surface area contributed by atoms with Gasteiger partial charge in [0.1, 0.15) is 0 Å². The van der Waals surface area contributed by atoms with Gasteiger partial charge in [-0.2, -0.15) is 11.8 Å². The number of benzene rings is 2. The molecule has 0 atom stereocenters. The molecule has 0 saturated heterocycles. The third-order valence-electron chi connectivity index (χ3n) is 3.17. The van der Waals surface area contributed by atoms with Crippen LogP contribution in [0.15, 0.2) is 40.9 Å². The lowest BCUT2D eigenvalue weighted by atomic mass is 10.1. The van der Waals surface area contributed by atoms with E-state index in [4.69, 9.17) is 9.47 Å². The molecule has 0 saturated carbocycles. The first-order chi connectivity index (χ1) is 11.5. The molecule has 0 radical (unpaired) electrons. The SMILES string of the molecule is COc1cc(C(=O)O)cc(CSC)c1OC(=O)c1ccc(Br)cc1. The fraction of sp³-hybridized carbons (Fsp3) is 0.176. The van der Waals surface area contributed by atoms with Gasteiger partial charge in [0.25, 0.3) is 0 Å². The molecule has 7 heteroatoms. The standard InChI is InChI=1S/C17H15BrO5S/c1-22-14-8-11(16(19)20)7-12(9-24-2)15(14)23-17(21)10-3-5-13(18)6-4-10/h3-8H,9H2,1-2H3,(H,19,20). The normalized spacial score (nSPS) is 10.3. The zero-order valence-electron chi connectivity index (χ0n) is 13.0. The Hall–Kier alpha value is -1.99. The van der Waals surface area contributed by atoms with Crippen molar-refractivity contribution in [1.29, 1.82) is 0 Å². The fourth-order valence-electron chi connectivity index (χ4n) is 2.05. The number of halogens is 1. The number of aromatic carboxylic acids is 1. The minimum atomic E-state index is -1.07. The highest BCUT2D eigenvalue weighted by Crippen LogP contribution is 2.35. The van der Waals surface area contributed by atoms with Crippen molar-refractivity contribution < 1.29 is 24.2 Å². The van der Waals surface area contributed by atoms with Crippen LogP contribution in [0.3, 0.4) is 0 Å². The van der Waals surface area contributed by atoms with Gasteiger partial charge in [-0.05, 0) is 42.7 Å². The first-order valence-electron chi connectivity index (χ1n) is 6.87. The Bertz CT molecular complexity index is 758. The van der Waals surface area contributed by atoms with Crippen LogP contribution in [-0.2, 0) is 5.75 Å². The summed E-state index contributed by atoms with van der Waals surface area (Å²) in [6, 6.07) is 9.59. The molecule has 0 aliphatic rings. The predicted molar refractivity (Wildman–Crippen MR) is 96.3 cm³/mol. The van der Waals surface area contributed by atoms with Crippen LogP contribution >= 0.6 is 27.7 Å². The summed E-state index contributed by atoms with van der Waals surface area (Å²) >= 11 is 4.79. The van der Waals surface area contributed by atoms with Crippen LogP contribution in [0.25, 0.3) is 0 Å². The van der Waals surface area contributed by atoms with Crippen LogP contribution in [0.2, 0.25) is 0 Å². The van der Waals surface area contributed by atoms with Crippen molar-refractivity contribution in [3.8, 4) is 11.5 Å². The molecule has 5 nitrogen and oxygen atoms in total. The molecule has 0 aliphatic carbocycles. The number of hydrogen-bond donors (Lipinski definition) is 1. The third kappa shape index (κ3) is 4.30. The number of hydrogen-bond acceptors (Lipinski definition) is 5. The van der Waals surface area contributed by atoms with Crippen molar-refractivity contribution in [2.75, 3.05) is 13.4 Å². The van der Waals surface area contributed by atoms with Crippen LogP contribution in [0.4, 0.5) is 0 Å². The monoisotopic (exact) mass is 410 g/mol. The zero-order valence-corrected chi connectivity index (χ0v) is 15.4. The number of thioether (sulfide) groups is 1. The summed E-state index contributed by atoms with van der Waals surface area (Å²) in [6.07, 6.45) is 1.88. The van der Waals surface area contributed by atoms with Gasteiger partial charge in [0.15, 0.2) is 11.5 Å². The smallest absolute Gasteiger partial charge is 0.343 e. The zero-order chi connectivity index (χ0) is 17.7. The van der Waals surface area contributed by atoms with Gasteiger partial charge in [0.05, 0.1) is 18.2 Å². The maximum absolute atomic E-state index is 12.4. The number of carbonyl (C=O) groups excluding carboxylic acids is 1. The molecule has 2 aromatic carbocycles. The van der Waals surface area contributed by atoms with Crippen LogP contribution in [-0.4, -0.2) is 30.4 Å². The molecule has 0 bridgehead atoms. The molecule has 0 aromatic heterocycles. The van der Waals surface area contributed by atoms with Gasteiger partial charge in [-0.3, -0.25) is 0 Å². The van der Waals surface area contributed by atoms with Gasteiger partial charge in [-0.15, -0.1) is 0 Å². The molecule has 126 valence electrons. The van der Waals surface area contributed by atoms with E-state index in [0.717, 1.165) is 4.47 Å². The molecular weight excluding hydrogens is 396 g/mol. The maximum atomic E-state index is 12.4. The van der Waals surface area contributed by atoms with Crippen molar-refractivity contribution in [3.05, 3.63) is 57.6 Å². The Labute approximate surface area is 152 Å². The second kappa shape index (κ2) is 8.21. The molecule has 0 fully saturated rings. The molecule has 24 heavy (non-hydrogen) atoms. The first-order valence-corrected chi connectivity index (χ1v) is 9.05. The summed E-state index contributed by atoms with van der Waals surface area (Å²) in [7, 11) is 1.40. The number of carbonyl (C=O) groups is 2. The molecule has 2 aromatic rings. The van der Waals surface area contributed by atoms with Gasteiger partial charge in [0.2, 0.25) is 0 Å². The van der Waals surface area contributed by atoms with Crippen LogP contribution in [0, 0.1) is 0 Å². The first kappa shape index (κ1) is 18.4. The number of ether oxygens (including phenoxy) is 2. The predicted octanol–water partition coefficient (Wildman–Crippen LogP) is 4.24. The van der Waals surface area contributed by atoms with Crippen LogP contribution < -0.4 is 9.47 Å². The molecular formula is C17H15BrO5S. The summed E-state index contributed by atoms with van der Waals surface area (Å²) < 4.78 is 11.6. The molecule has 0 unspecified atom stereocenters. The van der Waals surface area contributed by atoms with Crippen LogP contribution in [0.5, 0.6) is 11.5 Å². The molecule has 0 aliphatic heterocycles. The lowest BCUT2D eigenvalue weighted by Gasteiger charge is -2.14. The van der Waals surface area contributed by atoms with Crippen molar-refractivity contribution >= 4 is 39.6 Å². The quantitative estimate of drug-likeness (QED) is 0.567. The summed E-state index contributed by atoms with van der Waals surface area (Å²) in [5, 5.41) is 9.20. The molecule has 0 spiro atoms. The van der Waals surface area contributed by atoms with Crippen molar-refractivity contribution in [2.24, 2.45) is 0 Å². The lowest BCUT2D eigenvalue weighted by Crippen LogP contribution is -2.11. The van der Waals surface area contributed by atoms with E-state index < -0.39 is 11.9 Å². The van der Waals surface area contributed by atoms with E-state index in [2.05, 4.69) is 15.9 Å². The van der Waals surface area contributed by atoms with E-state index in [1.807, 2.05) is 6.26 Å². The summed E-state index contributed by atoms with van der Waals surface area (Å²) in [6.45, 7) is 0. The Morgan fingerprint density at radius 2 is 1.83 bits per heavy atom. The van der Waals surface area contributed by atoms with E-state index >= 15 is 0 Å². The van der Waals surface area contributed by atoms with E-state index in [-0.39, 0.29) is 17.1 Å². The number of carboxylic acid groups (broad SMARTS) is 1. The number of rotatable bonds is 6. The number of esters is 1. The Balaban J connectivity index is 2.41. The topological polar surface area (TPSA) is 72.8 Å². The number of carboxylic acids is 1. The average Bonchev–Trinajstić information content (AvgIpc) is 2.56. The van der Waals surface area contributed by atoms with Gasteiger partial charge in [-0.25, -0.2) is 9.59 Å². The van der Waals surface area contributed by atoms with Gasteiger partial charge in [0, 0.05) is 15.8 Å². The second-order valence-electron chi connectivity index (χ2n) is 4.80. The van der Waals surface area contributed by atoms with Crippen molar-refractivity contribution in [2.45, 2.75) is 5.75 Å². The average molecular weight is 411 g/mol. The summed E-state index contributed by atoms with van der Waals surface area (Å²) in [5.41, 5.74) is 1.06. The van der Waals surface area contributed by atoms with E-state index in [1.54, 1.807) is 24.3 Å². The summed E-state index contributed by atoms with van der Waals surface area (Å²) in [5.74, 6) is -0.665.